The van der Waals surface area contributed by atoms with Crippen molar-refractivity contribution in [2.24, 2.45) is 0 Å². The standard InChI is InChI=1S/C36H75N.C6H6/c1-3-5-7-9-11-13-15-17-19-21-23-25-27-29-31-33-35-37-36-34-32-30-28-26-24-22-20-18-16-14-12-10-8-6-4-2;1-2-4-6-5-3-1/h37H,3-36H2,1-2H3;1-6H. The van der Waals surface area contributed by atoms with Crippen LogP contribution in [-0.4, -0.2) is 13.1 Å². The third-order valence-corrected chi connectivity index (χ3v) is 9.08. The van der Waals surface area contributed by atoms with E-state index in [0.717, 1.165) is 0 Å². The molecule has 254 valence electrons. The molecule has 0 aromatic heterocycles. The van der Waals surface area contributed by atoms with Crippen LogP contribution >= 0.6 is 0 Å². The van der Waals surface area contributed by atoms with Gasteiger partial charge in [0.15, 0.2) is 0 Å². The second kappa shape index (κ2) is 41.2. The minimum Gasteiger partial charge on any atom is -0.317 e. The number of unbranched alkanes of at least 4 members (excludes halogenated alkanes) is 30. The van der Waals surface area contributed by atoms with E-state index in [4.69, 9.17) is 0 Å². The van der Waals surface area contributed by atoms with Crippen LogP contribution in [0.5, 0.6) is 0 Å². The van der Waals surface area contributed by atoms with Crippen molar-refractivity contribution in [1.82, 2.24) is 5.32 Å². The maximum Gasteiger partial charge on any atom is -0.00489 e. The van der Waals surface area contributed by atoms with Crippen molar-refractivity contribution in [3.63, 3.8) is 0 Å². The van der Waals surface area contributed by atoms with Gasteiger partial charge in [0, 0.05) is 0 Å². The van der Waals surface area contributed by atoms with Crippen LogP contribution in [0.1, 0.15) is 219 Å². The highest BCUT2D eigenvalue weighted by atomic mass is 14.8. The van der Waals surface area contributed by atoms with Crippen LogP contribution in [0.4, 0.5) is 0 Å². The first-order valence-electron chi connectivity index (χ1n) is 20.1. The lowest BCUT2D eigenvalue weighted by molar-refractivity contribution is 0.515. The highest BCUT2D eigenvalue weighted by Gasteiger charge is 1.97. The van der Waals surface area contributed by atoms with Crippen LogP contribution in [-0.2, 0) is 0 Å². The molecule has 0 radical (unpaired) electrons. The highest BCUT2D eigenvalue weighted by Crippen LogP contribution is 2.15. The summed E-state index contributed by atoms with van der Waals surface area (Å²) >= 11 is 0. The summed E-state index contributed by atoms with van der Waals surface area (Å²) in [4.78, 5) is 0. The molecule has 0 fully saturated rings. The lowest BCUT2D eigenvalue weighted by Gasteiger charge is -2.06. The average Bonchev–Trinajstić information content (AvgIpc) is 3.04. The van der Waals surface area contributed by atoms with E-state index < -0.39 is 0 Å². The van der Waals surface area contributed by atoms with Gasteiger partial charge >= 0.3 is 0 Å². The molecule has 0 bridgehead atoms. The van der Waals surface area contributed by atoms with Gasteiger partial charge in [-0.25, -0.2) is 0 Å². The summed E-state index contributed by atoms with van der Waals surface area (Å²) in [5.74, 6) is 0. The minimum atomic E-state index is 1.25. The zero-order chi connectivity index (χ0) is 31.0. The first kappa shape index (κ1) is 42.2. The smallest absolute Gasteiger partial charge is 0.00489 e. The van der Waals surface area contributed by atoms with Gasteiger partial charge in [-0.05, 0) is 25.9 Å². The normalized spacial score (nSPS) is 11.0. The number of hydrogen-bond donors (Lipinski definition) is 1. The second-order valence-corrected chi connectivity index (χ2v) is 13.5. The summed E-state index contributed by atoms with van der Waals surface area (Å²) in [6.07, 6.45) is 46.7. The Kier molecular flexibility index (Phi) is 40.4. The first-order chi connectivity index (χ1) is 21.4. The number of hydrogen-bond acceptors (Lipinski definition) is 1. The van der Waals surface area contributed by atoms with Crippen molar-refractivity contribution in [2.45, 2.75) is 219 Å². The Labute approximate surface area is 273 Å². The Morgan fingerprint density at radius 1 is 0.233 bits per heavy atom. The molecule has 1 nitrogen and oxygen atoms in total. The molecule has 0 saturated heterocycles. The predicted molar refractivity (Wildman–Crippen MR) is 198 cm³/mol. The van der Waals surface area contributed by atoms with E-state index in [9.17, 15) is 0 Å². The summed E-state index contributed by atoms with van der Waals surface area (Å²) in [7, 11) is 0. The fraction of sp³-hybridized carbons (Fsp3) is 0.857. The van der Waals surface area contributed by atoms with E-state index in [0.29, 0.717) is 0 Å². The summed E-state index contributed by atoms with van der Waals surface area (Å²) in [5.41, 5.74) is 0. The minimum absolute atomic E-state index is 1.25. The van der Waals surface area contributed by atoms with Gasteiger partial charge in [0.1, 0.15) is 0 Å². The van der Waals surface area contributed by atoms with Gasteiger partial charge in [0.2, 0.25) is 0 Å². The zero-order valence-corrected chi connectivity index (χ0v) is 30.0. The lowest BCUT2D eigenvalue weighted by Crippen LogP contribution is -2.16. The van der Waals surface area contributed by atoms with Crippen LogP contribution < -0.4 is 5.32 Å². The van der Waals surface area contributed by atoms with Gasteiger partial charge in [-0.2, -0.15) is 0 Å². The van der Waals surface area contributed by atoms with Gasteiger partial charge in [-0.15, -0.1) is 0 Å². The molecular weight excluding hydrogens is 518 g/mol. The van der Waals surface area contributed by atoms with E-state index in [1.54, 1.807) is 0 Å². The molecule has 0 unspecified atom stereocenters. The largest absolute Gasteiger partial charge is 0.317 e. The highest BCUT2D eigenvalue weighted by molar-refractivity contribution is 4.99. The van der Waals surface area contributed by atoms with E-state index in [1.807, 2.05) is 36.4 Å². The Bertz CT molecular complexity index is 495. The molecule has 0 atom stereocenters. The summed E-state index contributed by atoms with van der Waals surface area (Å²) in [5, 5.41) is 3.68. The van der Waals surface area contributed by atoms with Crippen molar-refractivity contribution in [2.75, 3.05) is 13.1 Å². The first-order valence-corrected chi connectivity index (χ1v) is 20.1. The molecule has 0 aliphatic rings. The van der Waals surface area contributed by atoms with Crippen molar-refractivity contribution in [1.29, 1.82) is 0 Å². The average molecular weight is 600 g/mol. The summed E-state index contributed by atoms with van der Waals surface area (Å²) in [6.45, 7) is 7.11. The number of nitrogens with one attached hydrogen (secondary N) is 1. The molecule has 1 aromatic carbocycles. The van der Waals surface area contributed by atoms with Crippen molar-refractivity contribution in [3.8, 4) is 0 Å². The van der Waals surface area contributed by atoms with Crippen LogP contribution in [0.3, 0.4) is 0 Å². The van der Waals surface area contributed by atoms with Gasteiger partial charge in [-0.1, -0.05) is 243 Å². The molecule has 0 amide bonds. The topological polar surface area (TPSA) is 12.0 Å². The quantitative estimate of drug-likeness (QED) is 0.0777. The lowest BCUT2D eigenvalue weighted by atomic mass is 10.0. The molecule has 0 aliphatic carbocycles. The third-order valence-electron chi connectivity index (χ3n) is 9.08. The summed E-state index contributed by atoms with van der Waals surface area (Å²) < 4.78 is 0. The van der Waals surface area contributed by atoms with Gasteiger partial charge in [0.25, 0.3) is 0 Å². The fourth-order valence-corrected chi connectivity index (χ4v) is 6.11. The molecule has 1 heteroatoms. The maximum atomic E-state index is 3.68. The van der Waals surface area contributed by atoms with Gasteiger partial charge in [0.05, 0.1) is 0 Å². The van der Waals surface area contributed by atoms with Crippen molar-refractivity contribution in [3.05, 3.63) is 36.4 Å². The van der Waals surface area contributed by atoms with Gasteiger partial charge < -0.3 is 5.32 Å². The molecule has 0 spiro atoms. The second-order valence-electron chi connectivity index (χ2n) is 13.5. The van der Waals surface area contributed by atoms with Crippen LogP contribution in [0.2, 0.25) is 0 Å². The Morgan fingerprint density at radius 3 is 0.581 bits per heavy atom. The zero-order valence-electron chi connectivity index (χ0n) is 30.0. The van der Waals surface area contributed by atoms with E-state index in [-0.39, 0.29) is 0 Å². The fourth-order valence-electron chi connectivity index (χ4n) is 6.11. The Balaban J connectivity index is 0.00000259. The number of rotatable bonds is 34. The van der Waals surface area contributed by atoms with Crippen molar-refractivity contribution < 1.29 is 0 Å². The van der Waals surface area contributed by atoms with E-state index >= 15 is 0 Å². The molecule has 0 aliphatic heterocycles. The van der Waals surface area contributed by atoms with Crippen LogP contribution in [0, 0.1) is 0 Å². The Hall–Kier alpha value is -0.820. The summed E-state index contributed by atoms with van der Waals surface area (Å²) in [6, 6.07) is 12.0. The van der Waals surface area contributed by atoms with Crippen LogP contribution in [0.25, 0.3) is 0 Å². The van der Waals surface area contributed by atoms with Gasteiger partial charge in [-0.3, -0.25) is 0 Å². The molecular formula is C42H81N. The molecule has 43 heavy (non-hydrogen) atoms. The monoisotopic (exact) mass is 600 g/mol. The SMILES string of the molecule is CCCCCCCCCCCCCCCCCCNCCCCCCCCCCCCCCCCCC.c1ccccc1. The number of benzene rings is 1. The van der Waals surface area contributed by atoms with E-state index in [1.165, 1.54) is 219 Å². The molecule has 0 heterocycles. The molecule has 0 saturated carbocycles. The Morgan fingerprint density at radius 2 is 0.395 bits per heavy atom. The molecule has 1 aromatic rings. The predicted octanol–water partition coefficient (Wildman–Crippen LogP) is 14.8. The molecule has 1 rings (SSSR count). The third kappa shape index (κ3) is 41.2. The van der Waals surface area contributed by atoms with E-state index in [2.05, 4.69) is 19.2 Å². The molecule has 1 N–H and O–H groups in total. The van der Waals surface area contributed by atoms with Crippen LogP contribution in [0.15, 0.2) is 36.4 Å². The maximum absolute atomic E-state index is 3.68. The van der Waals surface area contributed by atoms with Crippen molar-refractivity contribution >= 4 is 0 Å².